The summed E-state index contributed by atoms with van der Waals surface area (Å²) in [7, 11) is 0. The Morgan fingerprint density at radius 2 is 1.24 bits per heavy atom. The SMILES string of the molecule is CC(C)(C)OC(=O)Nc1ccc(C(Br)(c2ccccc2)c2ccccc2)c(-c2ccccc2)c1. The Kier molecular flexibility index (Phi) is 6.90. The lowest BCUT2D eigenvalue weighted by molar-refractivity contribution is 0.0636. The van der Waals surface area contributed by atoms with E-state index < -0.39 is 16.0 Å². The maximum Gasteiger partial charge on any atom is 0.412 e. The molecule has 1 N–H and O–H groups in total. The van der Waals surface area contributed by atoms with Gasteiger partial charge in [-0.3, -0.25) is 5.32 Å². The summed E-state index contributed by atoms with van der Waals surface area (Å²) in [6.45, 7) is 5.55. The van der Waals surface area contributed by atoms with Crippen LogP contribution in [-0.4, -0.2) is 11.7 Å². The van der Waals surface area contributed by atoms with Crippen molar-refractivity contribution in [1.29, 1.82) is 0 Å². The van der Waals surface area contributed by atoms with E-state index in [1.165, 1.54) is 0 Å². The van der Waals surface area contributed by atoms with Gasteiger partial charge in [0, 0.05) is 5.69 Å². The molecule has 0 heterocycles. The first kappa shape index (κ1) is 23.8. The number of halogens is 1. The zero-order valence-corrected chi connectivity index (χ0v) is 21.2. The first-order chi connectivity index (χ1) is 16.3. The number of benzene rings is 4. The number of amides is 1. The molecule has 0 saturated carbocycles. The molecule has 172 valence electrons. The van der Waals surface area contributed by atoms with Gasteiger partial charge in [-0.15, -0.1) is 0 Å². The van der Waals surface area contributed by atoms with Gasteiger partial charge in [0.15, 0.2) is 0 Å². The van der Waals surface area contributed by atoms with Crippen LogP contribution >= 0.6 is 15.9 Å². The minimum Gasteiger partial charge on any atom is -0.444 e. The second-order valence-corrected chi connectivity index (χ2v) is 10.3. The lowest BCUT2D eigenvalue weighted by atomic mass is 9.81. The number of anilines is 1. The van der Waals surface area contributed by atoms with E-state index in [9.17, 15) is 4.79 Å². The summed E-state index contributed by atoms with van der Waals surface area (Å²) in [6.07, 6.45) is -0.476. The molecule has 34 heavy (non-hydrogen) atoms. The van der Waals surface area contributed by atoms with Crippen molar-refractivity contribution in [2.75, 3.05) is 5.32 Å². The van der Waals surface area contributed by atoms with Crippen LogP contribution in [0.25, 0.3) is 11.1 Å². The second-order valence-electron chi connectivity index (χ2n) is 9.14. The molecule has 0 fully saturated rings. The van der Waals surface area contributed by atoms with Crippen LogP contribution in [0.2, 0.25) is 0 Å². The standard InChI is InChI=1S/C30H28BrNO2/c1-29(2,3)34-28(33)32-25-19-20-27(26(21-25)22-13-7-4-8-14-22)30(31,23-15-9-5-10-16-23)24-17-11-6-12-18-24/h4-21H,1-3H3,(H,32,33). The van der Waals surface area contributed by atoms with E-state index in [2.05, 4.69) is 88.0 Å². The van der Waals surface area contributed by atoms with E-state index in [0.717, 1.165) is 27.8 Å². The van der Waals surface area contributed by atoms with Gasteiger partial charge in [-0.25, -0.2) is 4.79 Å². The van der Waals surface area contributed by atoms with Crippen molar-refractivity contribution < 1.29 is 9.53 Å². The van der Waals surface area contributed by atoms with E-state index in [1.807, 2.05) is 63.2 Å². The molecule has 1 amide bonds. The highest BCUT2D eigenvalue weighted by Gasteiger charge is 2.35. The number of alkyl halides is 1. The number of carbonyl (C=O) groups is 1. The lowest BCUT2D eigenvalue weighted by Crippen LogP contribution is -2.27. The van der Waals surface area contributed by atoms with E-state index in [0.29, 0.717) is 5.69 Å². The molecule has 4 rings (SSSR count). The number of rotatable bonds is 5. The van der Waals surface area contributed by atoms with Gasteiger partial charge in [0.2, 0.25) is 0 Å². The summed E-state index contributed by atoms with van der Waals surface area (Å²) < 4.78 is 4.87. The molecule has 0 aliphatic carbocycles. The van der Waals surface area contributed by atoms with Crippen LogP contribution in [0.5, 0.6) is 0 Å². The summed E-state index contributed by atoms with van der Waals surface area (Å²) in [4.78, 5) is 12.5. The van der Waals surface area contributed by atoms with Crippen LogP contribution in [0.15, 0.2) is 109 Å². The van der Waals surface area contributed by atoms with Crippen LogP contribution in [0.4, 0.5) is 10.5 Å². The van der Waals surface area contributed by atoms with Crippen molar-refractivity contribution in [2.24, 2.45) is 0 Å². The Balaban J connectivity index is 1.89. The summed E-state index contributed by atoms with van der Waals surface area (Å²) in [6, 6.07) is 37.0. The third-order valence-corrected chi connectivity index (χ3v) is 6.81. The number of nitrogens with one attached hydrogen (secondary N) is 1. The van der Waals surface area contributed by atoms with Gasteiger partial charge in [0.25, 0.3) is 0 Å². The van der Waals surface area contributed by atoms with Gasteiger partial charge in [-0.05, 0) is 60.7 Å². The third-order valence-electron chi connectivity index (χ3n) is 5.46. The smallest absolute Gasteiger partial charge is 0.412 e. The fourth-order valence-electron chi connectivity index (χ4n) is 4.01. The fourth-order valence-corrected chi connectivity index (χ4v) is 4.89. The Hall–Kier alpha value is -3.37. The molecule has 0 atom stereocenters. The molecule has 4 aromatic rings. The number of hydrogen-bond donors (Lipinski definition) is 1. The Morgan fingerprint density at radius 1 is 0.735 bits per heavy atom. The molecule has 0 bridgehead atoms. The first-order valence-corrected chi connectivity index (χ1v) is 12.1. The highest BCUT2D eigenvalue weighted by Crippen LogP contribution is 2.48. The Labute approximate surface area is 209 Å². The predicted octanol–water partition coefficient (Wildman–Crippen LogP) is 8.39. The topological polar surface area (TPSA) is 38.3 Å². The molecule has 0 aliphatic heterocycles. The van der Waals surface area contributed by atoms with Crippen molar-refractivity contribution >= 4 is 27.7 Å². The zero-order valence-electron chi connectivity index (χ0n) is 19.6. The fraction of sp³-hybridized carbons (Fsp3) is 0.167. The summed E-state index contributed by atoms with van der Waals surface area (Å²) in [5, 5.41) is 2.89. The van der Waals surface area contributed by atoms with Crippen molar-refractivity contribution in [3.63, 3.8) is 0 Å². The maximum atomic E-state index is 12.5. The monoisotopic (exact) mass is 513 g/mol. The minimum atomic E-state index is -0.592. The molecule has 0 spiro atoms. The van der Waals surface area contributed by atoms with Crippen LogP contribution in [0.3, 0.4) is 0 Å². The van der Waals surface area contributed by atoms with E-state index in [1.54, 1.807) is 0 Å². The molecule has 0 saturated heterocycles. The second kappa shape index (κ2) is 9.86. The van der Waals surface area contributed by atoms with E-state index in [-0.39, 0.29) is 0 Å². The molecular weight excluding hydrogens is 486 g/mol. The molecule has 4 heteroatoms. The van der Waals surface area contributed by atoms with Crippen molar-refractivity contribution in [3.8, 4) is 11.1 Å². The molecule has 0 unspecified atom stereocenters. The lowest BCUT2D eigenvalue weighted by Gasteiger charge is -2.32. The quantitative estimate of drug-likeness (QED) is 0.215. The van der Waals surface area contributed by atoms with Crippen LogP contribution < -0.4 is 5.32 Å². The summed E-state index contributed by atoms with van der Waals surface area (Å²) in [5.74, 6) is 0. The Morgan fingerprint density at radius 3 is 1.74 bits per heavy atom. The maximum absolute atomic E-state index is 12.5. The van der Waals surface area contributed by atoms with Crippen molar-refractivity contribution in [3.05, 3.63) is 126 Å². The summed E-state index contributed by atoms with van der Waals surface area (Å²) >= 11 is 4.16. The largest absolute Gasteiger partial charge is 0.444 e. The van der Waals surface area contributed by atoms with Crippen molar-refractivity contribution in [1.82, 2.24) is 0 Å². The first-order valence-electron chi connectivity index (χ1n) is 11.3. The van der Waals surface area contributed by atoms with Gasteiger partial charge in [-0.2, -0.15) is 0 Å². The molecule has 3 nitrogen and oxygen atoms in total. The molecule has 0 aliphatic rings. The van der Waals surface area contributed by atoms with Crippen molar-refractivity contribution in [2.45, 2.75) is 30.7 Å². The highest BCUT2D eigenvalue weighted by molar-refractivity contribution is 9.10. The minimum absolute atomic E-state index is 0.476. The average Bonchev–Trinajstić information content (AvgIpc) is 2.84. The molecule has 4 aromatic carbocycles. The molecule has 0 radical (unpaired) electrons. The van der Waals surface area contributed by atoms with Gasteiger partial charge in [-0.1, -0.05) is 113 Å². The zero-order chi connectivity index (χ0) is 24.2. The highest BCUT2D eigenvalue weighted by atomic mass is 79.9. The summed E-state index contributed by atoms with van der Waals surface area (Å²) in [5.41, 5.74) is 5.48. The normalized spacial score (nSPS) is 11.6. The third kappa shape index (κ3) is 5.23. The average molecular weight is 514 g/mol. The Bertz CT molecular complexity index is 1210. The number of hydrogen-bond acceptors (Lipinski definition) is 2. The molecule has 0 aromatic heterocycles. The molecular formula is C30H28BrNO2. The van der Waals surface area contributed by atoms with Gasteiger partial charge >= 0.3 is 6.09 Å². The van der Waals surface area contributed by atoms with Gasteiger partial charge in [0.05, 0.1) is 0 Å². The number of ether oxygens (including phenoxy) is 1. The van der Waals surface area contributed by atoms with Crippen LogP contribution in [0.1, 0.15) is 37.5 Å². The van der Waals surface area contributed by atoms with Crippen LogP contribution in [0, 0.1) is 0 Å². The van der Waals surface area contributed by atoms with E-state index in [4.69, 9.17) is 4.74 Å². The van der Waals surface area contributed by atoms with E-state index >= 15 is 0 Å². The predicted molar refractivity (Wildman–Crippen MR) is 143 cm³/mol. The number of carbonyl (C=O) groups excluding carboxylic acids is 1. The van der Waals surface area contributed by atoms with Gasteiger partial charge in [0.1, 0.15) is 9.93 Å². The van der Waals surface area contributed by atoms with Gasteiger partial charge < -0.3 is 4.74 Å². The van der Waals surface area contributed by atoms with Crippen LogP contribution in [-0.2, 0) is 9.06 Å².